The second-order valence-corrected chi connectivity index (χ2v) is 7.88. The first kappa shape index (κ1) is 20.5. The fourth-order valence-corrected chi connectivity index (χ4v) is 3.97. The minimum atomic E-state index is -0.873. The van der Waals surface area contributed by atoms with Crippen LogP contribution in [0.5, 0.6) is 0 Å². The molecule has 0 aliphatic carbocycles. The lowest BCUT2D eigenvalue weighted by atomic mass is 9.93. The topological polar surface area (TPSA) is 57.6 Å². The molecule has 3 aromatic carbocycles. The number of hydrogen-bond donors (Lipinski definition) is 1. The number of amides is 1. The van der Waals surface area contributed by atoms with Gasteiger partial charge in [-0.25, -0.2) is 4.39 Å². The van der Waals surface area contributed by atoms with Gasteiger partial charge >= 0.3 is 0 Å². The van der Waals surface area contributed by atoms with Gasteiger partial charge < -0.3 is 5.11 Å². The quantitative estimate of drug-likeness (QED) is 0.355. The molecule has 5 heteroatoms. The number of carbonyl (C=O) groups is 2. The molecule has 1 aliphatic heterocycles. The lowest BCUT2D eigenvalue weighted by molar-refractivity contribution is -0.132. The van der Waals surface area contributed by atoms with Gasteiger partial charge in [0.05, 0.1) is 11.6 Å². The summed E-state index contributed by atoms with van der Waals surface area (Å²) < 4.78 is 13.6. The van der Waals surface area contributed by atoms with Crippen LogP contribution in [0.25, 0.3) is 5.76 Å². The molecule has 0 aromatic heterocycles. The molecule has 31 heavy (non-hydrogen) atoms. The van der Waals surface area contributed by atoms with Crippen molar-refractivity contribution in [2.24, 2.45) is 0 Å². The summed E-state index contributed by atoms with van der Waals surface area (Å²) in [6.07, 6.45) is 0. The van der Waals surface area contributed by atoms with E-state index in [2.05, 4.69) is 0 Å². The number of aliphatic hydroxyl groups excluding tert-OH is 1. The van der Waals surface area contributed by atoms with Crippen LogP contribution in [0.15, 0.2) is 72.3 Å². The van der Waals surface area contributed by atoms with Crippen LogP contribution in [0.2, 0.25) is 0 Å². The zero-order valence-corrected chi connectivity index (χ0v) is 17.5. The van der Waals surface area contributed by atoms with Gasteiger partial charge in [-0.05, 0) is 67.8 Å². The highest BCUT2D eigenvalue weighted by molar-refractivity contribution is 6.51. The summed E-state index contributed by atoms with van der Waals surface area (Å²) in [6.45, 7) is 5.61. The Morgan fingerprint density at radius 3 is 2.26 bits per heavy atom. The number of aryl methyl sites for hydroxylation is 3. The highest BCUT2D eigenvalue weighted by atomic mass is 19.1. The molecule has 0 radical (unpaired) electrons. The van der Waals surface area contributed by atoms with Crippen LogP contribution in [0.3, 0.4) is 0 Å². The van der Waals surface area contributed by atoms with Gasteiger partial charge in [-0.3, -0.25) is 14.5 Å². The Morgan fingerprint density at radius 1 is 0.903 bits per heavy atom. The molecule has 4 nitrogen and oxygen atoms in total. The van der Waals surface area contributed by atoms with Crippen LogP contribution in [0.4, 0.5) is 10.1 Å². The molecule has 1 unspecified atom stereocenters. The van der Waals surface area contributed by atoms with E-state index in [-0.39, 0.29) is 11.3 Å². The zero-order valence-electron chi connectivity index (χ0n) is 17.5. The third-order valence-corrected chi connectivity index (χ3v) is 5.56. The average Bonchev–Trinajstić information content (AvgIpc) is 3.01. The predicted molar refractivity (Wildman–Crippen MR) is 118 cm³/mol. The Morgan fingerprint density at radius 2 is 1.58 bits per heavy atom. The molecule has 1 saturated heterocycles. The number of ketones is 1. The first-order chi connectivity index (χ1) is 14.8. The van der Waals surface area contributed by atoms with Crippen LogP contribution in [-0.2, 0) is 9.59 Å². The van der Waals surface area contributed by atoms with Gasteiger partial charge in [0, 0.05) is 11.3 Å². The SMILES string of the molecule is Cc1cccc(N2C(=O)C(=O)/C(=C(/O)c3cc(C)ccc3C)C2c2ccc(F)cc2)c1. The maximum atomic E-state index is 13.6. The normalized spacial score (nSPS) is 17.9. The Bertz CT molecular complexity index is 1230. The van der Waals surface area contributed by atoms with Gasteiger partial charge in [-0.15, -0.1) is 0 Å². The van der Waals surface area contributed by atoms with Crippen LogP contribution >= 0.6 is 0 Å². The molecular weight excluding hydrogens is 393 g/mol. The number of aliphatic hydroxyl groups is 1. The van der Waals surface area contributed by atoms with Gasteiger partial charge in [0.15, 0.2) is 0 Å². The number of hydrogen-bond acceptors (Lipinski definition) is 3. The van der Waals surface area contributed by atoms with E-state index in [1.54, 1.807) is 24.3 Å². The lowest BCUT2D eigenvalue weighted by Gasteiger charge is -2.26. The second kappa shape index (κ2) is 7.84. The van der Waals surface area contributed by atoms with Gasteiger partial charge in [0.1, 0.15) is 11.6 Å². The molecule has 1 N–H and O–H groups in total. The first-order valence-electron chi connectivity index (χ1n) is 9.98. The van der Waals surface area contributed by atoms with E-state index in [0.29, 0.717) is 16.8 Å². The van der Waals surface area contributed by atoms with Gasteiger partial charge in [-0.1, -0.05) is 42.0 Å². The maximum absolute atomic E-state index is 13.6. The molecule has 156 valence electrons. The van der Waals surface area contributed by atoms with Gasteiger partial charge in [0.2, 0.25) is 0 Å². The first-order valence-corrected chi connectivity index (χ1v) is 9.98. The van der Waals surface area contributed by atoms with Crippen molar-refractivity contribution in [2.45, 2.75) is 26.8 Å². The van der Waals surface area contributed by atoms with Gasteiger partial charge in [0.25, 0.3) is 11.7 Å². The van der Waals surface area contributed by atoms with Crippen molar-refractivity contribution >= 4 is 23.1 Å². The van der Waals surface area contributed by atoms with Crippen molar-refractivity contribution in [2.75, 3.05) is 4.90 Å². The second-order valence-electron chi connectivity index (χ2n) is 7.88. The molecule has 1 fully saturated rings. The minimum Gasteiger partial charge on any atom is -0.507 e. The van der Waals surface area contributed by atoms with Crippen molar-refractivity contribution in [1.82, 2.24) is 0 Å². The molecular formula is C26H22FNO3. The van der Waals surface area contributed by atoms with E-state index < -0.39 is 23.5 Å². The molecule has 0 bridgehead atoms. The summed E-state index contributed by atoms with van der Waals surface area (Å²) in [4.78, 5) is 27.6. The monoisotopic (exact) mass is 415 g/mol. The number of rotatable bonds is 3. The van der Waals surface area contributed by atoms with E-state index >= 15 is 0 Å². The van der Waals surface area contributed by atoms with E-state index in [0.717, 1.165) is 16.7 Å². The number of nitrogens with zero attached hydrogens (tertiary/aromatic N) is 1. The Kier molecular flexibility index (Phi) is 5.19. The number of benzene rings is 3. The standard InChI is InChI=1S/C26H22FNO3/c1-15-5-4-6-20(13-15)28-23(18-9-11-19(27)12-10-18)22(25(30)26(28)31)24(29)21-14-16(2)7-8-17(21)3/h4-14,23,29H,1-3H3/b24-22+. The summed E-state index contributed by atoms with van der Waals surface area (Å²) in [7, 11) is 0. The molecule has 1 heterocycles. The minimum absolute atomic E-state index is 0.00758. The summed E-state index contributed by atoms with van der Waals surface area (Å²) in [5.41, 5.74) is 4.18. The fraction of sp³-hybridized carbons (Fsp3) is 0.154. The predicted octanol–water partition coefficient (Wildman–Crippen LogP) is 5.38. The van der Waals surface area contributed by atoms with Crippen LogP contribution in [0.1, 0.15) is 33.9 Å². The van der Waals surface area contributed by atoms with Crippen molar-refractivity contribution in [1.29, 1.82) is 0 Å². The van der Waals surface area contributed by atoms with Gasteiger partial charge in [-0.2, -0.15) is 0 Å². The lowest BCUT2D eigenvalue weighted by Crippen LogP contribution is -2.29. The highest BCUT2D eigenvalue weighted by Crippen LogP contribution is 2.42. The Hall–Kier alpha value is -3.73. The fourth-order valence-electron chi connectivity index (χ4n) is 3.97. The Balaban J connectivity index is 1.99. The van der Waals surface area contributed by atoms with Crippen LogP contribution in [-0.4, -0.2) is 16.8 Å². The molecule has 3 aromatic rings. The molecule has 0 saturated carbocycles. The van der Waals surface area contributed by atoms with Crippen molar-refractivity contribution in [3.05, 3.63) is 106 Å². The summed E-state index contributed by atoms with van der Waals surface area (Å²) >= 11 is 0. The van der Waals surface area contributed by atoms with Crippen molar-refractivity contribution in [3.8, 4) is 0 Å². The van der Waals surface area contributed by atoms with E-state index in [9.17, 15) is 19.1 Å². The highest BCUT2D eigenvalue weighted by Gasteiger charge is 2.47. The molecule has 0 spiro atoms. The van der Waals surface area contributed by atoms with E-state index in [1.165, 1.54) is 29.2 Å². The molecule has 1 amide bonds. The van der Waals surface area contributed by atoms with E-state index in [4.69, 9.17) is 0 Å². The average molecular weight is 415 g/mol. The van der Waals surface area contributed by atoms with Crippen molar-refractivity contribution in [3.63, 3.8) is 0 Å². The van der Waals surface area contributed by atoms with Crippen molar-refractivity contribution < 1.29 is 19.1 Å². The van der Waals surface area contributed by atoms with Crippen LogP contribution in [0, 0.1) is 26.6 Å². The molecule has 1 atom stereocenters. The number of halogens is 1. The summed E-state index contributed by atoms with van der Waals surface area (Å²) in [5.74, 6) is -2.16. The summed E-state index contributed by atoms with van der Waals surface area (Å²) in [6, 6.07) is 17.5. The third-order valence-electron chi connectivity index (χ3n) is 5.56. The molecule has 4 rings (SSSR count). The zero-order chi connectivity index (χ0) is 22.3. The number of Topliss-reactive ketones (excluding diaryl/α,β-unsaturated/α-hetero) is 1. The third kappa shape index (κ3) is 3.63. The largest absolute Gasteiger partial charge is 0.507 e. The Labute approximate surface area is 180 Å². The maximum Gasteiger partial charge on any atom is 0.300 e. The van der Waals surface area contributed by atoms with E-state index in [1.807, 2.05) is 39.0 Å². The van der Waals surface area contributed by atoms with Crippen LogP contribution < -0.4 is 4.90 Å². The number of carbonyl (C=O) groups excluding carboxylic acids is 2. The smallest absolute Gasteiger partial charge is 0.300 e. The summed E-state index contributed by atoms with van der Waals surface area (Å²) in [5, 5.41) is 11.2. The molecule has 1 aliphatic rings. The number of anilines is 1.